The summed E-state index contributed by atoms with van der Waals surface area (Å²) in [6.07, 6.45) is 2.07. The number of anilines is 1. The van der Waals surface area contributed by atoms with Gasteiger partial charge < -0.3 is 20.5 Å². The van der Waals surface area contributed by atoms with Crippen molar-refractivity contribution in [1.82, 2.24) is 15.2 Å². The second-order valence-corrected chi connectivity index (χ2v) is 10.0. The van der Waals surface area contributed by atoms with E-state index in [0.29, 0.717) is 52.3 Å². The van der Waals surface area contributed by atoms with Gasteiger partial charge >= 0.3 is 0 Å². The third-order valence-corrected chi connectivity index (χ3v) is 7.89. The molecule has 0 radical (unpaired) electrons. The summed E-state index contributed by atoms with van der Waals surface area (Å²) in [7, 11) is -3.85. The molecule has 10 heteroatoms. The average molecular weight is 487 g/mol. The summed E-state index contributed by atoms with van der Waals surface area (Å²) in [5.74, 6) is -0.482. The first-order valence-corrected chi connectivity index (χ1v) is 12.9. The molecule has 0 aliphatic carbocycles. The Labute approximate surface area is 199 Å². The highest BCUT2D eigenvalue weighted by Gasteiger charge is 2.34. The van der Waals surface area contributed by atoms with Crippen LogP contribution in [0.4, 0.5) is 5.69 Å². The highest BCUT2D eigenvalue weighted by molar-refractivity contribution is 7.86. The predicted octanol–water partition coefficient (Wildman–Crippen LogP) is 2.46. The van der Waals surface area contributed by atoms with Crippen LogP contribution in [0.25, 0.3) is 11.6 Å². The molecule has 0 saturated carbocycles. The Kier molecular flexibility index (Phi) is 6.66. The van der Waals surface area contributed by atoms with E-state index in [0.717, 1.165) is 25.2 Å². The lowest BCUT2D eigenvalue weighted by Crippen LogP contribution is -2.35. The van der Waals surface area contributed by atoms with E-state index in [-0.39, 0.29) is 23.3 Å². The first-order valence-electron chi connectivity index (χ1n) is 11.5. The molecule has 34 heavy (non-hydrogen) atoms. The zero-order valence-electron chi connectivity index (χ0n) is 19.9. The van der Waals surface area contributed by atoms with Crippen molar-refractivity contribution >= 4 is 39.3 Å². The third kappa shape index (κ3) is 4.28. The number of aromatic amines is 1. The van der Waals surface area contributed by atoms with Crippen molar-refractivity contribution < 1.29 is 22.2 Å². The van der Waals surface area contributed by atoms with Crippen LogP contribution in [-0.2, 0) is 25.5 Å². The monoisotopic (exact) mass is 486 g/mol. The summed E-state index contributed by atoms with van der Waals surface area (Å²) in [4.78, 5) is 31.3. The van der Waals surface area contributed by atoms with Crippen LogP contribution in [0.1, 0.15) is 52.3 Å². The van der Waals surface area contributed by atoms with Crippen molar-refractivity contribution in [2.45, 2.75) is 39.0 Å². The van der Waals surface area contributed by atoms with Crippen molar-refractivity contribution in [3.63, 3.8) is 0 Å². The van der Waals surface area contributed by atoms with Crippen LogP contribution in [0.5, 0.6) is 0 Å². The number of hydrogen-bond donors (Lipinski definition) is 3. The van der Waals surface area contributed by atoms with Gasteiger partial charge in [-0.25, -0.2) is 0 Å². The minimum atomic E-state index is -3.85. The summed E-state index contributed by atoms with van der Waals surface area (Å²) < 4.78 is 29.7. The number of nitrogens with one attached hydrogen (secondary N) is 3. The molecule has 182 valence electrons. The van der Waals surface area contributed by atoms with Crippen LogP contribution >= 0.6 is 0 Å². The van der Waals surface area contributed by atoms with E-state index in [2.05, 4.69) is 34.4 Å². The van der Waals surface area contributed by atoms with Gasteiger partial charge in [0.2, 0.25) is 0 Å². The van der Waals surface area contributed by atoms with Crippen LogP contribution in [0.2, 0.25) is 0 Å². The van der Waals surface area contributed by atoms with E-state index in [1.54, 1.807) is 12.1 Å². The maximum absolute atomic E-state index is 12.9. The average Bonchev–Trinajstić information content (AvgIpc) is 3.26. The zero-order valence-corrected chi connectivity index (χ0v) is 20.7. The number of nitrogens with zero attached hydrogens (tertiary/aromatic N) is 1. The van der Waals surface area contributed by atoms with Crippen LogP contribution < -0.4 is 10.6 Å². The molecule has 0 unspecified atom stereocenters. The summed E-state index contributed by atoms with van der Waals surface area (Å²) in [5, 5.41) is 5.80. The fourth-order valence-electron chi connectivity index (χ4n) is 4.64. The molecule has 9 nitrogen and oxygen atoms in total. The van der Waals surface area contributed by atoms with Crippen molar-refractivity contribution in [3.05, 3.63) is 45.8 Å². The molecular weight excluding hydrogens is 456 g/mol. The number of H-pyrrole nitrogens is 1. The summed E-state index contributed by atoms with van der Waals surface area (Å²) >= 11 is 0. The molecule has 1 aromatic heterocycles. The second-order valence-electron chi connectivity index (χ2n) is 8.45. The number of amides is 2. The SMILES string of the molecule is CCN(CC)CCNC(=O)c1c(C)[nH]c(/C=C2\C(=O)Nc3ccc4c(c32)CCOS4(=O)=O)c1C. The number of hydrogen-bond acceptors (Lipinski definition) is 6. The van der Waals surface area contributed by atoms with Crippen LogP contribution in [0, 0.1) is 13.8 Å². The fourth-order valence-corrected chi connectivity index (χ4v) is 5.81. The summed E-state index contributed by atoms with van der Waals surface area (Å²) in [6.45, 7) is 11.0. The van der Waals surface area contributed by atoms with E-state index in [1.165, 1.54) is 6.07 Å². The predicted molar refractivity (Wildman–Crippen MR) is 130 cm³/mol. The quantitative estimate of drug-likeness (QED) is 0.408. The highest BCUT2D eigenvalue weighted by Crippen LogP contribution is 2.41. The number of aromatic nitrogens is 1. The summed E-state index contributed by atoms with van der Waals surface area (Å²) in [5.41, 5.74) is 4.70. The lowest BCUT2D eigenvalue weighted by atomic mass is 9.97. The number of rotatable bonds is 7. The molecule has 0 atom stereocenters. The van der Waals surface area contributed by atoms with Gasteiger partial charge in [-0.15, -0.1) is 0 Å². The molecule has 4 rings (SSSR count). The number of fused-ring (bicyclic) bond motifs is 3. The van der Waals surface area contributed by atoms with Gasteiger partial charge in [0, 0.05) is 35.7 Å². The van der Waals surface area contributed by atoms with E-state index in [1.807, 2.05) is 13.8 Å². The molecule has 0 spiro atoms. The van der Waals surface area contributed by atoms with Gasteiger partial charge in [0.05, 0.1) is 22.6 Å². The lowest BCUT2D eigenvalue weighted by molar-refractivity contribution is -0.110. The van der Waals surface area contributed by atoms with Gasteiger partial charge in [0.15, 0.2) is 0 Å². The van der Waals surface area contributed by atoms with Gasteiger partial charge in [0.1, 0.15) is 0 Å². The number of aryl methyl sites for hydroxylation is 1. The third-order valence-electron chi connectivity index (χ3n) is 6.49. The summed E-state index contributed by atoms with van der Waals surface area (Å²) in [6, 6.07) is 3.05. The second kappa shape index (κ2) is 9.36. The van der Waals surface area contributed by atoms with E-state index < -0.39 is 10.1 Å². The number of carbonyl (C=O) groups excluding carboxylic acids is 2. The molecule has 3 heterocycles. The Balaban J connectivity index is 1.67. The Morgan fingerprint density at radius 1 is 1.24 bits per heavy atom. The van der Waals surface area contributed by atoms with Crippen molar-refractivity contribution in [2.75, 3.05) is 38.1 Å². The van der Waals surface area contributed by atoms with Crippen molar-refractivity contribution in [3.8, 4) is 0 Å². The molecule has 1 aromatic carbocycles. The standard InChI is InChI=1S/C24H30N4O5S/c1-5-28(6-2)11-10-25-24(30)21-14(3)19(26-15(21)4)13-17-22-16-9-12-33-34(31,32)20(16)8-7-18(22)27-23(17)29/h7-8,13,26H,5-6,9-12H2,1-4H3,(H,25,30)(H,27,29)/b17-13-. The Morgan fingerprint density at radius 2 is 1.97 bits per heavy atom. The van der Waals surface area contributed by atoms with Gasteiger partial charge in [-0.2, -0.15) is 8.42 Å². The number of benzene rings is 1. The van der Waals surface area contributed by atoms with Gasteiger partial charge in [-0.1, -0.05) is 13.8 Å². The van der Waals surface area contributed by atoms with Gasteiger partial charge in [-0.05, 0) is 62.7 Å². The van der Waals surface area contributed by atoms with Gasteiger partial charge in [0.25, 0.3) is 21.9 Å². The Hall–Kier alpha value is -2.95. The molecule has 0 saturated heterocycles. The first kappa shape index (κ1) is 24.2. The number of likely N-dealkylation sites (N-methyl/N-ethyl adjacent to an activating group) is 1. The minimum Gasteiger partial charge on any atom is -0.358 e. The lowest BCUT2D eigenvalue weighted by Gasteiger charge is -2.19. The largest absolute Gasteiger partial charge is 0.358 e. The molecule has 0 bridgehead atoms. The zero-order chi connectivity index (χ0) is 24.6. The maximum Gasteiger partial charge on any atom is 0.297 e. The van der Waals surface area contributed by atoms with Crippen molar-refractivity contribution in [2.24, 2.45) is 0 Å². The molecule has 2 amide bonds. The van der Waals surface area contributed by atoms with E-state index in [9.17, 15) is 18.0 Å². The van der Waals surface area contributed by atoms with Gasteiger partial charge in [-0.3, -0.25) is 13.8 Å². The van der Waals surface area contributed by atoms with E-state index >= 15 is 0 Å². The first-order chi connectivity index (χ1) is 16.2. The molecular formula is C24H30N4O5S. The molecule has 2 aliphatic heterocycles. The number of carbonyl (C=O) groups is 2. The van der Waals surface area contributed by atoms with Crippen molar-refractivity contribution in [1.29, 1.82) is 0 Å². The Morgan fingerprint density at radius 3 is 2.68 bits per heavy atom. The molecule has 2 aliphatic rings. The van der Waals surface area contributed by atoms with Crippen LogP contribution in [-0.4, -0.2) is 62.9 Å². The maximum atomic E-state index is 12.9. The molecule has 0 fully saturated rings. The topological polar surface area (TPSA) is 121 Å². The van der Waals surface area contributed by atoms with E-state index in [4.69, 9.17) is 4.18 Å². The fraction of sp³-hybridized carbons (Fsp3) is 0.417. The minimum absolute atomic E-state index is 0.0334. The normalized spacial score (nSPS) is 17.6. The smallest absolute Gasteiger partial charge is 0.297 e. The molecule has 2 aromatic rings. The molecule has 3 N–H and O–H groups in total. The van der Waals surface area contributed by atoms with Crippen LogP contribution in [0.15, 0.2) is 17.0 Å². The Bertz CT molecular complexity index is 1290. The highest BCUT2D eigenvalue weighted by atomic mass is 32.2. The van der Waals surface area contributed by atoms with Crippen LogP contribution in [0.3, 0.4) is 0 Å².